The Morgan fingerprint density at radius 3 is 1.20 bits per heavy atom. The zero-order chi connectivity index (χ0) is 17.8. The second-order valence-corrected chi connectivity index (χ2v) is 7.60. The molecule has 25 heavy (non-hydrogen) atoms. The summed E-state index contributed by atoms with van der Waals surface area (Å²) in [5, 5.41) is 10.3. The van der Waals surface area contributed by atoms with E-state index in [9.17, 15) is 5.11 Å². The van der Waals surface area contributed by atoms with Crippen molar-refractivity contribution < 1.29 is 5.11 Å². The van der Waals surface area contributed by atoms with Crippen molar-refractivity contribution in [2.45, 2.75) is 109 Å². The van der Waals surface area contributed by atoms with Crippen LogP contribution in [0.1, 0.15) is 108 Å². The summed E-state index contributed by atoms with van der Waals surface area (Å²) in [7, 11) is 0. The van der Waals surface area contributed by atoms with E-state index >= 15 is 0 Å². The lowest BCUT2D eigenvalue weighted by Gasteiger charge is -2.04. The van der Waals surface area contributed by atoms with Gasteiger partial charge in [0.1, 0.15) is 0 Å². The first-order valence-corrected chi connectivity index (χ1v) is 11.1. The van der Waals surface area contributed by atoms with Crippen LogP contribution < -0.4 is 0 Å². The Morgan fingerprint density at radius 1 is 0.440 bits per heavy atom. The molecule has 0 saturated heterocycles. The summed E-state index contributed by atoms with van der Waals surface area (Å²) in [5.41, 5.74) is 1.49. The molecule has 1 radical (unpaired) electrons. The van der Waals surface area contributed by atoms with Crippen molar-refractivity contribution in [3.05, 3.63) is 35.9 Å². The summed E-state index contributed by atoms with van der Waals surface area (Å²) in [6.07, 6.45) is 22.8. The van der Waals surface area contributed by atoms with E-state index in [0.717, 1.165) is 12.8 Å². The highest BCUT2D eigenvalue weighted by molar-refractivity contribution is 5.14. The Bertz CT molecular complexity index is 360. The molecule has 0 aromatic heterocycles. The SMILES string of the molecule is [O]CCCCCCCCCCCCCCCCCCc1ccccc1. The standard InChI is InChI=1S/C24H41O/c25-23-19-14-12-10-8-6-4-2-1-3-5-7-9-11-13-16-20-24-21-17-15-18-22-24/h15,17-18,21-22H,1-14,16,19-20,23H2. The van der Waals surface area contributed by atoms with E-state index in [1.807, 2.05) is 0 Å². The van der Waals surface area contributed by atoms with E-state index < -0.39 is 0 Å². The van der Waals surface area contributed by atoms with Crippen molar-refractivity contribution >= 4 is 0 Å². The number of hydrogen-bond acceptors (Lipinski definition) is 0. The van der Waals surface area contributed by atoms with Crippen LogP contribution in [0.5, 0.6) is 0 Å². The van der Waals surface area contributed by atoms with Gasteiger partial charge in [-0.25, -0.2) is 5.11 Å². The predicted octanol–water partition coefficient (Wildman–Crippen LogP) is 7.90. The molecule has 0 N–H and O–H groups in total. The molecular weight excluding hydrogens is 304 g/mol. The molecule has 1 rings (SSSR count). The van der Waals surface area contributed by atoms with Gasteiger partial charge >= 0.3 is 0 Å². The molecule has 0 saturated carbocycles. The lowest BCUT2D eigenvalue weighted by molar-refractivity contribution is 0.186. The Labute approximate surface area is 157 Å². The van der Waals surface area contributed by atoms with Crippen molar-refractivity contribution in [3.8, 4) is 0 Å². The maximum atomic E-state index is 10.3. The molecular formula is C24H41O. The topological polar surface area (TPSA) is 19.9 Å². The molecule has 0 aliphatic heterocycles. The Hall–Kier alpha value is -0.820. The third-order valence-electron chi connectivity index (χ3n) is 5.20. The summed E-state index contributed by atoms with van der Waals surface area (Å²) in [6, 6.07) is 10.9. The molecule has 1 nitrogen and oxygen atoms in total. The van der Waals surface area contributed by atoms with Crippen LogP contribution >= 0.6 is 0 Å². The minimum atomic E-state index is 0.119. The highest BCUT2D eigenvalue weighted by Crippen LogP contribution is 2.14. The molecule has 1 heteroatoms. The highest BCUT2D eigenvalue weighted by atomic mass is 16.2. The normalized spacial score (nSPS) is 11.1. The molecule has 0 atom stereocenters. The minimum absolute atomic E-state index is 0.119. The van der Waals surface area contributed by atoms with Gasteiger partial charge in [-0.3, -0.25) is 0 Å². The van der Waals surface area contributed by atoms with Crippen LogP contribution in [0.2, 0.25) is 0 Å². The van der Waals surface area contributed by atoms with Crippen LogP contribution in [0, 0.1) is 0 Å². The Balaban J connectivity index is 1.69. The van der Waals surface area contributed by atoms with Crippen molar-refractivity contribution in [2.24, 2.45) is 0 Å². The number of hydrogen-bond donors (Lipinski definition) is 0. The van der Waals surface area contributed by atoms with Gasteiger partial charge in [0, 0.05) is 0 Å². The molecule has 0 heterocycles. The third-order valence-corrected chi connectivity index (χ3v) is 5.20. The zero-order valence-corrected chi connectivity index (χ0v) is 16.5. The molecule has 0 bridgehead atoms. The van der Waals surface area contributed by atoms with E-state index in [1.165, 1.54) is 102 Å². The minimum Gasteiger partial charge on any atom is -0.237 e. The Morgan fingerprint density at radius 2 is 0.800 bits per heavy atom. The molecule has 1 aromatic rings. The quantitative estimate of drug-likeness (QED) is 0.241. The molecule has 143 valence electrons. The van der Waals surface area contributed by atoms with Gasteiger partial charge in [-0.05, 0) is 24.8 Å². The van der Waals surface area contributed by atoms with Crippen molar-refractivity contribution in [3.63, 3.8) is 0 Å². The van der Waals surface area contributed by atoms with Crippen molar-refractivity contribution in [1.82, 2.24) is 0 Å². The van der Waals surface area contributed by atoms with Crippen molar-refractivity contribution in [2.75, 3.05) is 6.61 Å². The maximum absolute atomic E-state index is 10.3. The fourth-order valence-electron chi connectivity index (χ4n) is 3.55. The van der Waals surface area contributed by atoms with Crippen LogP contribution in [-0.2, 0) is 11.5 Å². The Kier molecular flexibility index (Phi) is 16.0. The second-order valence-electron chi connectivity index (χ2n) is 7.60. The summed E-state index contributed by atoms with van der Waals surface area (Å²) in [6.45, 7) is 0.119. The maximum Gasteiger partial charge on any atom is 0.0822 e. The average molecular weight is 346 g/mol. The summed E-state index contributed by atoms with van der Waals surface area (Å²) < 4.78 is 0. The van der Waals surface area contributed by atoms with Gasteiger partial charge in [0.15, 0.2) is 0 Å². The summed E-state index contributed by atoms with van der Waals surface area (Å²) >= 11 is 0. The smallest absolute Gasteiger partial charge is 0.0822 e. The van der Waals surface area contributed by atoms with Gasteiger partial charge in [-0.1, -0.05) is 120 Å². The molecule has 0 aliphatic rings. The number of aryl methyl sites for hydroxylation is 1. The fourth-order valence-corrected chi connectivity index (χ4v) is 3.55. The average Bonchev–Trinajstić information content (AvgIpc) is 2.65. The van der Waals surface area contributed by atoms with Gasteiger partial charge in [0.2, 0.25) is 0 Å². The molecule has 0 amide bonds. The van der Waals surface area contributed by atoms with E-state index in [0.29, 0.717) is 0 Å². The van der Waals surface area contributed by atoms with Gasteiger partial charge in [0.25, 0.3) is 0 Å². The van der Waals surface area contributed by atoms with Crippen LogP contribution in [0.15, 0.2) is 30.3 Å². The van der Waals surface area contributed by atoms with Gasteiger partial charge < -0.3 is 0 Å². The van der Waals surface area contributed by atoms with E-state index in [4.69, 9.17) is 0 Å². The van der Waals surface area contributed by atoms with Gasteiger partial charge in [-0.2, -0.15) is 0 Å². The lowest BCUT2D eigenvalue weighted by atomic mass is 10.0. The monoisotopic (exact) mass is 345 g/mol. The second kappa shape index (κ2) is 18.0. The first kappa shape index (κ1) is 22.2. The number of rotatable bonds is 18. The zero-order valence-electron chi connectivity index (χ0n) is 16.5. The van der Waals surface area contributed by atoms with E-state index in [-0.39, 0.29) is 6.61 Å². The third kappa shape index (κ3) is 15.2. The molecule has 0 fully saturated rings. The summed E-state index contributed by atoms with van der Waals surface area (Å²) in [4.78, 5) is 0. The predicted molar refractivity (Wildman–Crippen MR) is 110 cm³/mol. The summed E-state index contributed by atoms with van der Waals surface area (Å²) in [5.74, 6) is 0. The first-order chi connectivity index (χ1) is 12.4. The van der Waals surface area contributed by atoms with E-state index in [1.54, 1.807) is 0 Å². The molecule has 0 spiro atoms. The number of benzene rings is 1. The van der Waals surface area contributed by atoms with E-state index in [2.05, 4.69) is 30.3 Å². The number of unbranched alkanes of at least 4 members (excludes halogenated alkanes) is 15. The van der Waals surface area contributed by atoms with Crippen LogP contribution in [0.25, 0.3) is 0 Å². The van der Waals surface area contributed by atoms with Crippen LogP contribution in [-0.4, -0.2) is 6.61 Å². The van der Waals surface area contributed by atoms with Crippen LogP contribution in [0.4, 0.5) is 0 Å². The van der Waals surface area contributed by atoms with Crippen molar-refractivity contribution in [1.29, 1.82) is 0 Å². The lowest BCUT2D eigenvalue weighted by Crippen LogP contribution is -1.86. The fraction of sp³-hybridized carbons (Fsp3) is 0.750. The van der Waals surface area contributed by atoms with Gasteiger partial charge in [-0.15, -0.1) is 0 Å². The highest BCUT2D eigenvalue weighted by Gasteiger charge is 1.95. The first-order valence-electron chi connectivity index (χ1n) is 11.1. The largest absolute Gasteiger partial charge is 0.237 e. The molecule has 0 unspecified atom stereocenters. The van der Waals surface area contributed by atoms with Gasteiger partial charge in [0.05, 0.1) is 6.61 Å². The van der Waals surface area contributed by atoms with Crippen LogP contribution in [0.3, 0.4) is 0 Å². The molecule has 1 aromatic carbocycles. The molecule has 0 aliphatic carbocycles.